The molecule has 2 rings (SSSR count). The first-order valence-electron chi connectivity index (χ1n) is 9.37. The van der Waals surface area contributed by atoms with Crippen LogP contribution in [0.3, 0.4) is 0 Å². The normalized spacial score (nSPS) is 29.5. The summed E-state index contributed by atoms with van der Waals surface area (Å²) in [7, 11) is -1.28. The molecule has 1 aliphatic carbocycles. The molecule has 6 nitrogen and oxygen atoms in total. The Morgan fingerprint density at radius 1 is 1.31 bits per heavy atom. The van der Waals surface area contributed by atoms with Crippen molar-refractivity contribution in [3.8, 4) is 0 Å². The van der Waals surface area contributed by atoms with Gasteiger partial charge in [-0.05, 0) is 26.7 Å². The Bertz CT molecular complexity index is 605. The summed E-state index contributed by atoms with van der Waals surface area (Å²) in [6, 6.07) is 0.291. The van der Waals surface area contributed by atoms with Crippen LogP contribution in [0.25, 0.3) is 0 Å². The molecule has 2 atom stereocenters. The van der Waals surface area contributed by atoms with Gasteiger partial charge in [-0.3, -0.25) is 4.99 Å². The lowest BCUT2D eigenvalue weighted by molar-refractivity contribution is -0.114. The van der Waals surface area contributed by atoms with Crippen LogP contribution in [0, 0.1) is 5.41 Å². The largest absolute Gasteiger partial charge is 0.378 e. The van der Waals surface area contributed by atoms with E-state index in [0.717, 1.165) is 31.8 Å². The van der Waals surface area contributed by atoms with Gasteiger partial charge in [0.05, 0.1) is 16.6 Å². The highest BCUT2D eigenvalue weighted by molar-refractivity contribution is 14.0. The molecule has 0 aromatic heterocycles. The van der Waals surface area contributed by atoms with Gasteiger partial charge in [-0.1, -0.05) is 27.2 Å². The summed E-state index contributed by atoms with van der Waals surface area (Å²) in [4.78, 5) is 6.48. The Kier molecular flexibility index (Phi) is 8.24. The average Bonchev–Trinajstić information content (AvgIpc) is 2.52. The van der Waals surface area contributed by atoms with Crippen molar-refractivity contribution in [1.29, 1.82) is 0 Å². The first-order chi connectivity index (χ1) is 11.5. The van der Waals surface area contributed by atoms with Gasteiger partial charge in [0.2, 0.25) is 0 Å². The molecule has 0 amide bonds. The van der Waals surface area contributed by atoms with Crippen LogP contribution < -0.4 is 5.32 Å². The maximum atomic E-state index is 12.2. The number of aliphatic imine (C=N–C) groups is 1. The zero-order valence-electron chi connectivity index (χ0n) is 17.0. The molecule has 0 bridgehead atoms. The molecule has 2 unspecified atom stereocenters. The zero-order valence-corrected chi connectivity index (χ0v) is 20.2. The number of halogens is 1. The molecule has 1 heterocycles. The number of hydrogen-bond acceptors (Lipinski definition) is 4. The van der Waals surface area contributed by atoms with Crippen LogP contribution in [0.4, 0.5) is 0 Å². The third-order valence-electron chi connectivity index (χ3n) is 5.85. The van der Waals surface area contributed by atoms with E-state index in [1.807, 2.05) is 0 Å². The quantitative estimate of drug-likeness (QED) is 0.272. The van der Waals surface area contributed by atoms with Gasteiger partial charge in [0.25, 0.3) is 0 Å². The van der Waals surface area contributed by atoms with E-state index in [4.69, 9.17) is 4.74 Å². The monoisotopic (exact) mass is 501 g/mol. The standard InChI is InChI=1S/C18H35N3O3S.HI/c1-7-8-10-24-15-12-14(18(15,4)5)20-16(19-6)21-9-11-25(22,23)17(2,3)13-21;/h14-15H,7-13H2,1-6H3,(H,19,20);1H. The molecule has 1 saturated heterocycles. The van der Waals surface area contributed by atoms with Crippen molar-refractivity contribution in [2.75, 3.05) is 32.5 Å². The number of sulfone groups is 1. The van der Waals surface area contributed by atoms with Crippen molar-refractivity contribution >= 4 is 39.8 Å². The predicted octanol–water partition coefficient (Wildman–Crippen LogP) is 2.67. The number of rotatable bonds is 5. The van der Waals surface area contributed by atoms with Gasteiger partial charge < -0.3 is 15.0 Å². The SMILES string of the molecule is CCCCOC1CC(NC(=NC)N2CCS(=O)(=O)C(C)(C)C2)C1(C)C.I. The second-order valence-electron chi connectivity index (χ2n) is 8.51. The lowest BCUT2D eigenvalue weighted by Gasteiger charge is -2.53. The maximum absolute atomic E-state index is 12.2. The molecule has 0 aromatic carbocycles. The molecule has 154 valence electrons. The molecule has 2 aliphatic rings. The van der Waals surface area contributed by atoms with E-state index in [1.165, 1.54) is 0 Å². The molecule has 8 heteroatoms. The van der Waals surface area contributed by atoms with Crippen molar-refractivity contribution in [2.45, 2.75) is 70.8 Å². The maximum Gasteiger partial charge on any atom is 0.193 e. The highest BCUT2D eigenvalue weighted by Crippen LogP contribution is 2.43. The third-order valence-corrected chi connectivity index (χ3v) is 8.39. The van der Waals surface area contributed by atoms with Gasteiger partial charge >= 0.3 is 0 Å². The second-order valence-corrected chi connectivity index (χ2v) is 11.3. The Labute approximate surface area is 176 Å². The van der Waals surface area contributed by atoms with Crippen LogP contribution in [0.1, 0.15) is 53.9 Å². The van der Waals surface area contributed by atoms with Crippen LogP contribution >= 0.6 is 24.0 Å². The van der Waals surface area contributed by atoms with Crippen molar-refractivity contribution in [1.82, 2.24) is 10.2 Å². The lowest BCUT2D eigenvalue weighted by Crippen LogP contribution is -2.65. The highest BCUT2D eigenvalue weighted by Gasteiger charge is 2.50. The number of hydrogen-bond donors (Lipinski definition) is 1. The van der Waals surface area contributed by atoms with Gasteiger partial charge in [-0.25, -0.2) is 8.42 Å². The van der Waals surface area contributed by atoms with Crippen molar-refractivity contribution in [3.05, 3.63) is 0 Å². The minimum Gasteiger partial charge on any atom is -0.378 e. The van der Waals surface area contributed by atoms with E-state index in [0.29, 0.717) is 19.1 Å². The van der Waals surface area contributed by atoms with Gasteiger partial charge in [0.15, 0.2) is 15.8 Å². The average molecular weight is 501 g/mol. The van der Waals surface area contributed by atoms with Crippen molar-refractivity contribution < 1.29 is 13.2 Å². The molecule has 0 spiro atoms. The van der Waals surface area contributed by atoms with Crippen molar-refractivity contribution in [2.24, 2.45) is 10.4 Å². The summed E-state index contributed by atoms with van der Waals surface area (Å²) in [5.41, 5.74) is 0.0427. The molecule has 26 heavy (non-hydrogen) atoms. The molecule has 1 N–H and O–H groups in total. The summed E-state index contributed by atoms with van der Waals surface area (Å²) >= 11 is 0. The Balaban J connectivity index is 0.00000338. The fraction of sp³-hybridized carbons (Fsp3) is 0.944. The molecule has 2 fully saturated rings. The van der Waals surface area contributed by atoms with Gasteiger partial charge in [0, 0.05) is 38.2 Å². The minimum absolute atomic E-state index is 0. The molecule has 1 aliphatic heterocycles. The van der Waals surface area contributed by atoms with Crippen LogP contribution in [-0.2, 0) is 14.6 Å². The lowest BCUT2D eigenvalue weighted by atomic mass is 9.64. The van der Waals surface area contributed by atoms with Crippen LogP contribution in [0.2, 0.25) is 0 Å². The van der Waals surface area contributed by atoms with E-state index in [-0.39, 0.29) is 41.2 Å². The Morgan fingerprint density at radius 3 is 2.46 bits per heavy atom. The minimum atomic E-state index is -3.04. The molecular formula is C18H36IN3O3S. The van der Waals surface area contributed by atoms with Crippen molar-refractivity contribution in [3.63, 3.8) is 0 Å². The second kappa shape index (κ2) is 8.94. The number of unbranched alkanes of at least 4 members (excludes halogenated alkanes) is 1. The van der Waals surface area contributed by atoms with E-state index >= 15 is 0 Å². The van der Waals surface area contributed by atoms with Gasteiger partial charge in [0.1, 0.15) is 0 Å². The topological polar surface area (TPSA) is 71.0 Å². The first kappa shape index (κ1) is 23.9. The fourth-order valence-electron chi connectivity index (χ4n) is 3.56. The number of ether oxygens (including phenoxy) is 1. The Morgan fingerprint density at radius 2 is 1.96 bits per heavy atom. The molecule has 0 radical (unpaired) electrons. The first-order valence-corrected chi connectivity index (χ1v) is 11.0. The fourth-order valence-corrected chi connectivity index (χ4v) is 4.93. The summed E-state index contributed by atoms with van der Waals surface area (Å²) < 4.78 is 29.7. The van der Waals surface area contributed by atoms with Crippen LogP contribution in [0.15, 0.2) is 4.99 Å². The summed E-state index contributed by atoms with van der Waals surface area (Å²) in [5.74, 6) is 0.977. The van der Waals surface area contributed by atoms with E-state index in [9.17, 15) is 8.42 Å². The van der Waals surface area contributed by atoms with Crippen LogP contribution in [-0.4, -0.2) is 68.7 Å². The summed E-state index contributed by atoms with van der Waals surface area (Å²) in [5, 5.41) is 3.55. The molecule has 1 saturated carbocycles. The van der Waals surface area contributed by atoms with E-state index in [2.05, 4.69) is 36.0 Å². The highest BCUT2D eigenvalue weighted by atomic mass is 127. The number of nitrogens with one attached hydrogen (secondary N) is 1. The number of guanidine groups is 1. The van der Waals surface area contributed by atoms with E-state index < -0.39 is 14.6 Å². The Hall–Kier alpha value is -0.0900. The predicted molar refractivity (Wildman–Crippen MR) is 118 cm³/mol. The molecule has 0 aromatic rings. The smallest absolute Gasteiger partial charge is 0.193 e. The van der Waals surface area contributed by atoms with Crippen LogP contribution in [0.5, 0.6) is 0 Å². The molecular weight excluding hydrogens is 465 g/mol. The third kappa shape index (κ3) is 4.84. The summed E-state index contributed by atoms with van der Waals surface area (Å²) in [6.45, 7) is 12.0. The summed E-state index contributed by atoms with van der Waals surface area (Å²) in [6.07, 6.45) is 3.48. The zero-order chi connectivity index (χ0) is 18.9. The number of nitrogens with zero attached hydrogens (tertiary/aromatic N) is 2. The van der Waals surface area contributed by atoms with Gasteiger partial charge in [-0.2, -0.15) is 0 Å². The van der Waals surface area contributed by atoms with Gasteiger partial charge in [-0.15, -0.1) is 24.0 Å². The van der Waals surface area contributed by atoms with E-state index in [1.54, 1.807) is 20.9 Å².